The predicted molar refractivity (Wildman–Crippen MR) is 83.8 cm³/mol. The molecule has 23 heavy (non-hydrogen) atoms. The highest BCUT2D eigenvalue weighted by molar-refractivity contribution is 7.13. The number of carboxylic acids is 1. The van der Waals surface area contributed by atoms with Crippen LogP contribution >= 0.6 is 11.3 Å². The summed E-state index contributed by atoms with van der Waals surface area (Å²) in [6.45, 7) is 1.49. The Morgan fingerprint density at radius 3 is 2.70 bits per heavy atom. The summed E-state index contributed by atoms with van der Waals surface area (Å²) < 4.78 is 13.8. The number of nitrogens with zero attached hydrogens (tertiary/aromatic N) is 2. The molecule has 0 saturated heterocycles. The van der Waals surface area contributed by atoms with Gasteiger partial charge in [-0.1, -0.05) is 12.1 Å². The highest BCUT2D eigenvalue weighted by atomic mass is 32.1. The van der Waals surface area contributed by atoms with Gasteiger partial charge in [-0.15, -0.1) is 11.3 Å². The van der Waals surface area contributed by atoms with E-state index >= 15 is 0 Å². The molecule has 120 valence electrons. The molecule has 1 heterocycles. The van der Waals surface area contributed by atoms with E-state index in [0.29, 0.717) is 10.6 Å². The predicted octanol–water partition coefficient (Wildman–Crippen LogP) is 3.03. The zero-order valence-corrected chi connectivity index (χ0v) is 13.2. The molecule has 0 radical (unpaired) electrons. The summed E-state index contributed by atoms with van der Waals surface area (Å²) in [5.74, 6) is -1.87. The van der Waals surface area contributed by atoms with Crippen LogP contribution in [-0.4, -0.2) is 39.0 Å². The van der Waals surface area contributed by atoms with Crippen molar-refractivity contribution in [1.82, 2.24) is 9.88 Å². The molecule has 1 amide bonds. The van der Waals surface area contributed by atoms with Crippen LogP contribution < -0.4 is 0 Å². The summed E-state index contributed by atoms with van der Waals surface area (Å²) in [7, 11) is 0. The fourth-order valence-corrected chi connectivity index (χ4v) is 3.21. The van der Waals surface area contributed by atoms with E-state index in [1.807, 2.05) is 0 Å². The molecule has 3 rings (SSSR count). The monoisotopic (exact) mass is 334 g/mol. The fourth-order valence-electron chi connectivity index (χ4n) is 2.39. The molecule has 5 nitrogen and oxygen atoms in total. The maximum atomic E-state index is 13.8. The second-order valence-electron chi connectivity index (χ2n) is 5.48. The minimum absolute atomic E-state index is 0.0489. The highest BCUT2D eigenvalue weighted by Gasteiger charge is 2.39. The van der Waals surface area contributed by atoms with E-state index in [0.717, 1.165) is 12.8 Å². The lowest BCUT2D eigenvalue weighted by Gasteiger charge is -2.25. The number of hydrogen-bond donors (Lipinski definition) is 1. The maximum Gasteiger partial charge on any atom is 0.326 e. The molecule has 0 spiro atoms. The number of aliphatic carboxylic acids is 1. The van der Waals surface area contributed by atoms with Crippen molar-refractivity contribution in [3.8, 4) is 10.6 Å². The summed E-state index contributed by atoms with van der Waals surface area (Å²) in [6, 6.07) is 5.26. The molecule has 1 aromatic carbocycles. The van der Waals surface area contributed by atoms with Crippen LogP contribution in [0, 0.1) is 5.82 Å². The van der Waals surface area contributed by atoms with Gasteiger partial charge >= 0.3 is 5.97 Å². The van der Waals surface area contributed by atoms with Gasteiger partial charge < -0.3 is 10.0 Å². The number of carbonyl (C=O) groups is 2. The van der Waals surface area contributed by atoms with Crippen LogP contribution in [0.1, 0.15) is 30.3 Å². The van der Waals surface area contributed by atoms with Crippen molar-refractivity contribution >= 4 is 23.2 Å². The molecular weight excluding hydrogens is 319 g/mol. The van der Waals surface area contributed by atoms with Crippen molar-refractivity contribution in [2.24, 2.45) is 0 Å². The van der Waals surface area contributed by atoms with Gasteiger partial charge in [0.25, 0.3) is 5.91 Å². The Labute approximate surface area is 136 Å². The van der Waals surface area contributed by atoms with Crippen molar-refractivity contribution in [1.29, 1.82) is 0 Å². The van der Waals surface area contributed by atoms with Gasteiger partial charge in [-0.25, -0.2) is 14.2 Å². The van der Waals surface area contributed by atoms with Crippen LogP contribution in [-0.2, 0) is 4.79 Å². The van der Waals surface area contributed by atoms with Gasteiger partial charge in [-0.05, 0) is 31.9 Å². The van der Waals surface area contributed by atoms with Gasteiger partial charge in [-0.3, -0.25) is 4.79 Å². The van der Waals surface area contributed by atoms with E-state index in [9.17, 15) is 19.1 Å². The number of carboxylic acid groups (broad SMARTS) is 1. The van der Waals surface area contributed by atoms with Gasteiger partial charge in [0.1, 0.15) is 22.6 Å². The van der Waals surface area contributed by atoms with Crippen molar-refractivity contribution in [2.75, 3.05) is 0 Å². The van der Waals surface area contributed by atoms with Crippen LogP contribution in [0.5, 0.6) is 0 Å². The molecule has 2 aromatic rings. The van der Waals surface area contributed by atoms with Crippen molar-refractivity contribution in [2.45, 2.75) is 31.8 Å². The Bertz CT molecular complexity index is 757. The summed E-state index contributed by atoms with van der Waals surface area (Å²) in [5.41, 5.74) is 0.494. The molecule has 7 heteroatoms. The average molecular weight is 334 g/mol. The van der Waals surface area contributed by atoms with Crippen LogP contribution in [0.25, 0.3) is 10.6 Å². The van der Waals surface area contributed by atoms with Gasteiger partial charge in [0, 0.05) is 17.0 Å². The third-order valence-electron chi connectivity index (χ3n) is 3.78. The second kappa shape index (κ2) is 6.08. The first kappa shape index (κ1) is 15.6. The molecule has 1 unspecified atom stereocenters. The smallest absolute Gasteiger partial charge is 0.326 e. The Balaban J connectivity index is 1.88. The Hall–Kier alpha value is -2.28. The number of thiazole rings is 1. The number of halogens is 1. The quantitative estimate of drug-likeness (QED) is 0.912. The minimum Gasteiger partial charge on any atom is -0.480 e. The molecule has 1 fully saturated rings. The van der Waals surface area contributed by atoms with Crippen molar-refractivity contribution in [3.05, 3.63) is 41.2 Å². The average Bonchev–Trinajstić information content (AvgIpc) is 3.23. The number of benzene rings is 1. The van der Waals surface area contributed by atoms with E-state index in [2.05, 4.69) is 4.98 Å². The molecule has 1 aliphatic rings. The zero-order valence-electron chi connectivity index (χ0n) is 12.4. The molecular formula is C16H15FN2O3S. The van der Waals surface area contributed by atoms with Crippen LogP contribution in [0.2, 0.25) is 0 Å². The molecule has 1 saturated carbocycles. The second-order valence-corrected chi connectivity index (χ2v) is 6.33. The minimum atomic E-state index is -1.05. The van der Waals surface area contributed by atoms with E-state index in [-0.39, 0.29) is 11.7 Å². The first-order valence-electron chi connectivity index (χ1n) is 7.25. The van der Waals surface area contributed by atoms with E-state index in [1.165, 1.54) is 29.2 Å². The molecule has 1 N–H and O–H groups in total. The zero-order chi connectivity index (χ0) is 16.6. The van der Waals surface area contributed by atoms with Gasteiger partial charge in [0.05, 0.1) is 0 Å². The van der Waals surface area contributed by atoms with Crippen LogP contribution in [0.3, 0.4) is 0 Å². The topological polar surface area (TPSA) is 70.5 Å². The first-order valence-corrected chi connectivity index (χ1v) is 8.13. The third-order valence-corrected chi connectivity index (χ3v) is 4.65. The normalized spacial score (nSPS) is 15.2. The van der Waals surface area contributed by atoms with Crippen LogP contribution in [0.4, 0.5) is 4.39 Å². The van der Waals surface area contributed by atoms with Gasteiger partial charge in [0.15, 0.2) is 0 Å². The maximum absolute atomic E-state index is 13.8. The van der Waals surface area contributed by atoms with Gasteiger partial charge in [-0.2, -0.15) is 0 Å². The number of amides is 1. The molecule has 1 aromatic heterocycles. The summed E-state index contributed by atoms with van der Waals surface area (Å²) in [4.78, 5) is 29.4. The largest absolute Gasteiger partial charge is 0.480 e. The number of aromatic nitrogens is 1. The standard InChI is InChI=1S/C16H15FN2O3S/c1-9(16(21)22)19(10-6-7-10)15(20)13-8-23-14(18-13)11-4-2-3-5-12(11)17/h2-5,8-10H,6-7H2,1H3,(H,21,22). The Kier molecular flexibility index (Phi) is 4.12. The number of hydrogen-bond acceptors (Lipinski definition) is 4. The summed E-state index contributed by atoms with van der Waals surface area (Å²) in [5, 5.41) is 11.1. The van der Waals surface area contributed by atoms with Crippen molar-refractivity contribution < 1.29 is 19.1 Å². The number of rotatable bonds is 5. The molecule has 0 aliphatic heterocycles. The van der Waals surface area contributed by atoms with E-state index in [1.54, 1.807) is 23.6 Å². The first-order chi connectivity index (χ1) is 11.0. The van der Waals surface area contributed by atoms with Gasteiger partial charge in [0.2, 0.25) is 0 Å². The molecule has 0 bridgehead atoms. The highest BCUT2D eigenvalue weighted by Crippen LogP contribution is 2.32. The third kappa shape index (κ3) is 3.10. The molecule has 1 aliphatic carbocycles. The molecule has 1 atom stereocenters. The van der Waals surface area contributed by atoms with Crippen molar-refractivity contribution in [3.63, 3.8) is 0 Å². The lowest BCUT2D eigenvalue weighted by molar-refractivity contribution is -0.141. The Morgan fingerprint density at radius 1 is 1.39 bits per heavy atom. The SMILES string of the molecule is CC(C(=O)O)N(C(=O)c1csc(-c2ccccc2F)n1)C1CC1. The lowest BCUT2D eigenvalue weighted by atomic mass is 10.2. The lowest BCUT2D eigenvalue weighted by Crippen LogP contribution is -2.44. The number of carbonyl (C=O) groups excluding carboxylic acids is 1. The summed E-state index contributed by atoms with van der Waals surface area (Å²) in [6.07, 6.45) is 1.60. The summed E-state index contributed by atoms with van der Waals surface area (Å²) >= 11 is 1.17. The van der Waals surface area contributed by atoms with E-state index < -0.39 is 23.7 Å². The Morgan fingerprint density at radius 2 is 2.09 bits per heavy atom. The fraction of sp³-hybridized carbons (Fsp3) is 0.312. The van der Waals surface area contributed by atoms with E-state index in [4.69, 9.17) is 0 Å². The van der Waals surface area contributed by atoms with Crippen LogP contribution in [0.15, 0.2) is 29.6 Å².